The third-order valence-corrected chi connectivity index (χ3v) is 10.1. The topological polar surface area (TPSA) is 71.2 Å². The molecule has 0 aromatic heterocycles. The summed E-state index contributed by atoms with van der Waals surface area (Å²) in [5.41, 5.74) is 3.93. The minimum atomic E-state index is 0.0314. The third kappa shape index (κ3) is 8.39. The lowest BCUT2D eigenvalue weighted by atomic mass is 9.80. The Hall–Kier alpha value is -3.42. The number of anilines is 4. The molecule has 3 aliphatic rings. The molecule has 3 saturated carbocycles. The lowest BCUT2D eigenvalue weighted by Crippen LogP contribution is -2.47. The maximum Gasteiger partial charge on any atom is 0.322 e. The summed E-state index contributed by atoms with van der Waals surface area (Å²) >= 11 is 0. The summed E-state index contributed by atoms with van der Waals surface area (Å²) in [7, 11) is 8.10. The molecular formula is C36H54N6O2. The van der Waals surface area contributed by atoms with Crippen molar-refractivity contribution in [2.24, 2.45) is 11.8 Å². The van der Waals surface area contributed by atoms with E-state index in [9.17, 15) is 9.59 Å². The predicted octanol–water partition coefficient (Wildman–Crippen LogP) is 7.88. The quantitative estimate of drug-likeness (QED) is 0.290. The van der Waals surface area contributed by atoms with Crippen LogP contribution >= 0.6 is 0 Å². The summed E-state index contributed by atoms with van der Waals surface area (Å²) in [6.07, 6.45) is 13.7. The van der Waals surface area contributed by atoms with Gasteiger partial charge in [-0.15, -0.1) is 0 Å². The van der Waals surface area contributed by atoms with Crippen LogP contribution in [0.15, 0.2) is 48.5 Å². The van der Waals surface area contributed by atoms with Crippen molar-refractivity contribution in [3.8, 4) is 0 Å². The molecule has 0 aliphatic heterocycles. The predicted molar refractivity (Wildman–Crippen MR) is 183 cm³/mol. The molecule has 2 atom stereocenters. The van der Waals surface area contributed by atoms with E-state index in [-0.39, 0.29) is 12.1 Å². The molecule has 2 aromatic rings. The van der Waals surface area contributed by atoms with Crippen LogP contribution in [0.3, 0.4) is 0 Å². The van der Waals surface area contributed by atoms with Crippen LogP contribution in [0.5, 0.6) is 0 Å². The summed E-state index contributed by atoms with van der Waals surface area (Å²) in [5, 5.41) is 6.41. The van der Waals surface area contributed by atoms with E-state index in [2.05, 4.69) is 30.2 Å². The highest BCUT2D eigenvalue weighted by Crippen LogP contribution is 2.35. The van der Waals surface area contributed by atoms with Crippen molar-refractivity contribution >= 4 is 34.8 Å². The molecule has 3 fully saturated rings. The SMILES string of the molecule is CN(C)c1ccc(NC(=O)N(C[C@@H]2CCC[C@H](CN(C(=O)Nc3ccc(N(C)C)cc3)C3CCCC3)C2)C2CCCC2)cc1. The molecule has 8 nitrogen and oxygen atoms in total. The van der Waals surface area contributed by atoms with Gasteiger partial charge < -0.3 is 30.2 Å². The molecule has 2 N–H and O–H groups in total. The molecule has 3 aliphatic carbocycles. The van der Waals surface area contributed by atoms with Crippen LogP contribution in [-0.2, 0) is 0 Å². The van der Waals surface area contributed by atoms with Gasteiger partial charge in [-0.2, -0.15) is 0 Å². The molecule has 0 unspecified atom stereocenters. The smallest absolute Gasteiger partial charge is 0.322 e. The number of rotatable bonds is 10. The van der Waals surface area contributed by atoms with E-state index in [0.29, 0.717) is 23.9 Å². The van der Waals surface area contributed by atoms with Gasteiger partial charge in [0.1, 0.15) is 0 Å². The molecule has 0 bridgehead atoms. The van der Waals surface area contributed by atoms with Crippen molar-refractivity contribution in [3.05, 3.63) is 48.5 Å². The number of nitrogens with one attached hydrogen (secondary N) is 2. The Morgan fingerprint density at radius 3 is 1.27 bits per heavy atom. The summed E-state index contributed by atoms with van der Waals surface area (Å²) in [5.74, 6) is 0.923. The number of carbonyl (C=O) groups is 2. The minimum Gasteiger partial charge on any atom is -0.378 e. The number of carbonyl (C=O) groups excluding carboxylic acids is 2. The van der Waals surface area contributed by atoms with Gasteiger partial charge in [-0.05, 0) is 105 Å². The van der Waals surface area contributed by atoms with E-state index in [1.165, 1.54) is 25.7 Å². The van der Waals surface area contributed by atoms with Gasteiger partial charge in [-0.1, -0.05) is 32.1 Å². The fourth-order valence-electron chi connectivity index (χ4n) is 7.59. The van der Waals surface area contributed by atoms with Gasteiger partial charge in [0.25, 0.3) is 0 Å². The van der Waals surface area contributed by atoms with E-state index >= 15 is 0 Å². The molecule has 8 heteroatoms. The van der Waals surface area contributed by atoms with E-state index in [0.717, 1.165) is 87.2 Å². The first-order valence-electron chi connectivity index (χ1n) is 17.0. The molecule has 44 heavy (non-hydrogen) atoms. The Balaban J connectivity index is 1.22. The summed E-state index contributed by atoms with van der Waals surface area (Å²) < 4.78 is 0. The average molecular weight is 603 g/mol. The number of benzene rings is 2. The first-order valence-corrected chi connectivity index (χ1v) is 17.0. The lowest BCUT2D eigenvalue weighted by Gasteiger charge is -2.39. The zero-order chi connectivity index (χ0) is 31.1. The molecule has 0 heterocycles. The van der Waals surface area contributed by atoms with Crippen molar-refractivity contribution in [2.45, 2.75) is 89.1 Å². The maximum atomic E-state index is 13.7. The van der Waals surface area contributed by atoms with Crippen LogP contribution in [0.2, 0.25) is 0 Å². The van der Waals surface area contributed by atoms with Crippen molar-refractivity contribution in [3.63, 3.8) is 0 Å². The zero-order valence-electron chi connectivity index (χ0n) is 27.4. The summed E-state index contributed by atoms with van der Waals surface area (Å²) in [6, 6.07) is 16.9. The third-order valence-electron chi connectivity index (χ3n) is 10.1. The molecular weight excluding hydrogens is 548 g/mol. The molecule has 0 spiro atoms. The van der Waals surface area contributed by atoms with Crippen molar-refractivity contribution < 1.29 is 9.59 Å². The number of hydrogen-bond donors (Lipinski definition) is 2. The van der Waals surface area contributed by atoms with Gasteiger partial charge in [-0.25, -0.2) is 9.59 Å². The van der Waals surface area contributed by atoms with Gasteiger partial charge in [0.05, 0.1) is 0 Å². The Morgan fingerprint density at radius 2 is 0.932 bits per heavy atom. The number of urea groups is 2. The Labute approximate surface area is 265 Å². The maximum absolute atomic E-state index is 13.7. The molecule has 0 saturated heterocycles. The molecule has 5 rings (SSSR count). The highest BCUT2D eigenvalue weighted by molar-refractivity contribution is 5.90. The van der Waals surface area contributed by atoms with E-state index in [1.54, 1.807) is 0 Å². The molecule has 240 valence electrons. The van der Waals surface area contributed by atoms with Crippen molar-refractivity contribution in [1.82, 2.24) is 9.80 Å². The van der Waals surface area contributed by atoms with E-state index in [1.807, 2.05) is 76.7 Å². The Bertz CT molecular complexity index is 1110. The van der Waals surface area contributed by atoms with Crippen molar-refractivity contribution in [2.75, 3.05) is 61.7 Å². The van der Waals surface area contributed by atoms with Crippen LogP contribution < -0.4 is 20.4 Å². The van der Waals surface area contributed by atoms with Crippen LogP contribution in [0.25, 0.3) is 0 Å². The Kier molecular flexibility index (Phi) is 10.9. The molecule has 4 amide bonds. The van der Waals surface area contributed by atoms with Crippen LogP contribution in [-0.4, -0.2) is 75.2 Å². The van der Waals surface area contributed by atoms with Gasteiger partial charge in [0.15, 0.2) is 0 Å². The standard InChI is InChI=1S/C36H54N6O2/c1-39(2)31-20-16-29(17-21-31)37-35(43)41(33-12-5-6-13-33)25-27-10-9-11-28(24-27)26-42(34-14-7-8-15-34)36(44)38-30-18-22-32(23-19-30)40(3)4/h16-23,27-28,33-34H,5-15,24-26H2,1-4H3,(H,37,43)(H,38,44)/t27-,28+. The van der Waals surface area contributed by atoms with Crippen LogP contribution in [0, 0.1) is 11.8 Å². The zero-order valence-corrected chi connectivity index (χ0v) is 27.4. The fourth-order valence-corrected chi connectivity index (χ4v) is 7.59. The number of hydrogen-bond acceptors (Lipinski definition) is 4. The van der Waals surface area contributed by atoms with E-state index in [4.69, 9.17) is 0 Å². The molecule has 0 radical (unpaired) electrons. The fraction of sp³-hybridized carbons (Fsp3) is 0.611. The molecule has 2 aromatic carbocycles. The monoisotopic (exact) mass is 602 g/mol. The van der Waals surface area contributed by atoms with E-state index < -0.39 is 0 Å². The first kappa shape index (κ1) is 32.0. The van der Waals surface area contributed by atoms with Gasteiger partial charge in [-0.3, -0.25) is 0 Å². The van der Waals surface area contributed by atoms with Gasteiger partial charge in [0.2, 0.25) is 0 Å². The highest BCUT2D eigenvalue weighted by atomic mass is 16.2. The highest BCUT2D eigenvalue weighted by Gasteiger charge is 2.34. The summed E-state index contributed by atoms with van der Waals surface area (Å²) in [6.45, 7) is 1.60. The van der Waals surface area contributed by atoms with Gasteiger partial charge in [0, 0.05) is 76.1 Å². The average Bonchev–Trinajstić information content (AvgIpc) is 3.75. The lowest BCUT2D eigenvalue weighted by molar-refractivity contribution is 0.128. The summed E-state index contributed by atoms with van der Waals surface area (Å²) in [4.78, 5) is 35.8. The second-order valence-corrected chi connectivity index (χ2v) is 13.8. The largest absolute Gasteiger partial charge is 0.378 e. The second-order valence-electron chi connectivity index (χ2n) is 13.8. The van der Waals surface area contributed by atoms with Crippen LogP contribution in [0.4, 0.5) is 32.3 Å². The number of nitrogens with zero attached hydrogens (tertiary/aromatic N) is 4. The van der Waals surface area contributed by atoms with Crippen molar-refractivity contribution in [1.29, 1.82) is 0 Å². The first-order chi connectivity index (χ1) is 21.3. The minimum absolute atomic E-state index is 0.0314. The Morgan fingerprint density at radius 1 is 0.568 bits per heavy atom. The number of amides is 4. The van der Waals surface area contributed by atoms with Gasteiger partial charge >= 0.3 is 12.1 Å². The normalized spacial score (nSPS) is 20.7. The second kappa shape index (κ2) is 15.0. The van der Waals surface area contributed by atoms with Crippen LogP contribution in [0.1, 0.15) is 77.0 Å².